The van der Waals surface area contributed by atoms with Gasteiger partial charge in [-0.1, -0.05) is 19.9 Å². The van der Waals surface area contributed by atoms with Gasteiger partial charge in [-0.15, -0.1) is 6.58 Å². The van der Waals surface area contributed by atoms with Gasteiger partial charge in [-0.25, -0.2) is 4.98 Å². The molecule has 1 atom stereocenters. The summed E-state index contributed by atoms with van der Waals surface area (Å²) in [7, 11) is -0.790. The van der Waals surface area contributed by atoms with E-state index in [1.807, 2.05) is 6.07 Å². The maximum Gasteiger partial charge on any atom is 0.253 e. The summed E-state index contributed by atoms with van der Waals surface area (Å²) >= 11 is 0. The first-order chi connectivity index (χ1) is 11.1. The largest absolute Gasteiger partial charge is 0.354 e. The highest BCUT2D eigenvalue weighted by atomic mass is 32.2. The van der Waals surface area contributed by atoms with Gasteiger partial charge in [0.25, 0.3) is 5.91 Å². The van der Waals surface area contributed by atoms with E-state index in [0.717, 1.165) is 31.7 Å². The van der Waals surface area contributed by atoms with Gasteiger partial charge in [0.05, 0.1) is 10.3 Å². The molecule has 5 nitrogen and oxygen atoms in total. The molecule has 2 rings (SSSR count). The summed E-state index contributed by atoms with van der Waals surface area (Å²) in [5.74, 6) is 1.36. The minimum absolute atomic E-state index is 0.153. The Kier molecular flexibility index (Phi) is 5.93. The Labute approximate surface area is 140 Å². The topological polar surface area (TPSA) is 62.3 Å². The first-order valence-corrected chi connectivity index (χ1v) is 9.36. The van der Waals surface area contributed by atoms with Crippen LogP contribution in [0, 0.1) is 0 Å². The molecular formula is C17H25N3O2S. The lowest BCUT2D eigenvalue weighted by Gasteiger charge is -2.41. The van der Waals surface area contributed by atoms with Gasteiger partial charge in [0.15, 0.2) is 0 Å². The fourth-order valence-electron chi connectivity index (χ4n) is 2.87. The van der Waals surface area contributed by atoms with Crippen molar-refractivity contribution in [2.24, 2.45) is 0 Å². The van der Waals surface area contributed by atoms with Crippen molar-refractivity contribution in [3.05, 3.63) is 36.5 Å². The quantitative estimate of drug-likeness (QED) is 0.809. The zero-order valence-electron chi connectivity index (χ0n) is 13.9. The number of nitrogens with one attached hydrogen (secondary N) is 1. The maximum absolute atomic E-state index is 12.4. The van der Waals surface area contributed by atoms with Gasteiger partial charge in [-0.3, -0.25) is 9.00 Å². The molecule has 1 aromatic heterocycles. The Morgan fingerprint density at radius 2 is 2.22 bits per heavy atom. The lowest BCUT2D eigenvalue weighted by Crippen LogP contribution is -2.53. The molecule has 0 radical (unpaired) electrons. The summed E-state index contributed by atoms with van der Waals surface area (Å²) in [6.07, 6.45) is 5.03. The molecule has 1 unspecified atom stereocenters. The predicted molar refractivity (Wildman–Crippen MR) is 95.3 cm³/mol. The summed E-state index contributed by atoms with van der Waals surface area (Å²) in [6, 6.07) is 3.65. The molecule has 0 spiro atoms. The van der Waals surface area contributed by atoms with Gasteiger partial charge in [-0.2, -0.15) is 0 Å². The molecule has 1 fully saturated rings. The Hall–Kier alpha value is -1.69. The number of carbonyl (C=O) groups is 1. The predicted octanol–water partition coefficient (Wildman–Crippen LogP) is 2.12. The second-order valence-electron chi connectivity index (χ2n) is 5.77. The van der Waals surface area contributed by atoms with E-state index in [0.29, 0.717) is 17.9 Å². The number of hydrogen-bond acceptors (Lipinski definition) is 4. The van der Waals surface area contributed by atoms with Crippen LogP contribution >= 0.6 is 0 Å². The molecular weight excluding hydrogens is 310 g/mol. The van der Waals surface area contributed by atoms with E-state index < -0.39 is 10.8 Å². The van der Waals surface area contributed by atoms with Crippen molar-refractivity contribution in [3.63, 3.8) is 0 Å². The van der Waals surface area contributed by atoms with Crippen LogP contribution in [-0.4, -0.2) is 45.2 Å². The number of rotatable bonds is 6. The molecule has 23 heavy (non-hydrogen) atoms. The van der Waals surface area contributed by atoms with Crippen molar-refractivity contribution >= 4 is 22.5 Å². The number of nitrogens with zero attached hydrogens (tertiary/aromatic N) is 2. The Balaban J connectivity index is 2.12. The Bertz CT molecular complexity index is 582. The standard InChI is InChI=1S/C17H25N3O2S/c1-4-9-18-16(21)14-7-8-15(19-12-14)20-10-11-23(22)17(5-2,6-3)13-20/h4,7-8,12H,1,5-6,9-11,13H2,2-3H3,(H,18,21). The molecule has 1 aliphatic rings. The molecule has 6 heteroatoms. The summed E-state index contributed by atoms with van der Waals surface area (Å²) < 4.78 is 12.2. The van der Waals surface area contributed by atoms with Crippen LogP contribution in [0.1, 0.15) is 37.0 Å². The van der Waals surface area contributed by atoms with Crippen LogP contribution in [0.5, 0.6) is 0 Å². The molecule has 0 bridgehead atoms. The van der Waals surface area contributed by atoms with Gasteiger partial charge in [0.1, 0.15) is 5.82 Å². The molecule has 1 aliphatic heterocycles. The van der Waals surface area contributed by atoms with E-state index >= 15 is 0 Å². The molecule has 1 N–H and O–H groups in total. The monoisotopic (exact) mass is 335 g/mol. The summed E-state index contributed by atoms with van der Waals surface area (Å²) in [4.78, 5) is 18.5. The van der Waals surface area contributed by atoms with Crippen molar-refractivity contribution in [2.45, 2.75) is 31.4 Å². The molecule has 126 valence electrons. The molecule has 0 aliphatic carbocycles. The summed E-state index contributed by atoms with van der Waals surface area (Å²) in [5, 5.41) is 2.73. The molecule has 1 saturated heterocycles. The normalized spacial score (nSPS) is 20.1. The molecule has 1 amide bonds. The van der Waals surface area contributed by atoms with Crippen LogP contribution in [0.2, 0.25) is 0 Å². The van der Waals surface area contributed by atoms with E-state index in [1.165, 1.54) is 0 Å². The van der Waals surface area contributed by atoms with Crippen LogP contribution in [0.15, 0.2) is 31.0 Å². The zero-order valence-corrected chi connectivity index (χ0v) is 14.7. The molecule has 0 saturated carbocycles. The maximum atomic E-state index is 12.4. The van der Waals surface area contributed by atoms with E-state index in [2.05, 4.69) is 35.6 Å². The minimum Gasteiger partial charge on any atom is -0.354 e. The molecule has 2 heterocycles. The number of anilines is 1. The van der Waals surface area contributed by atoms with E-state index in [9.17, 15) is 9.00 Å². The number of amides is 1. The second kappa shape index (κ2) is 7.73. The number of pyridine rings is 1. The number of carbonyl (C=O) groups excluding carboxylic acids is 1. The van der Waals surface area contributed by atoms with Crippen LogP contribution < -0.4 is 10.2 Å². The van der Waals surface area contributed by atoms with Gasteiger partial charge in [0, 0.05) is 42.4 Å². The Morgan fingerprint density at radius 3 is 2.78 bits per heavy atom. The van der Waals surface area contributed by atoms with Crippen LogP contribution in [0.25, 0.3) is 0 Å². The fourth-order valence-corrected chi connectivity index (χ4v) is 4.64. The lowest BCUT2D eigenvalue weighted by molar-refractivity contribution is 0.0957. The third-order valence-electron chi connectivity index (χ3n) is 4.54. The van der Waals surface area contributed by atoms with E-state index in [4.69, 9.17) is 0 Å². The minimum atomic E-state index is -0.790. The van der Waals surface area contributed by atoms with E-state index in [-0.39, 0.29) is 10.7 Å². The zero-order chi connectivity index (χ0) is 16.9. The van der Waals surface area contributed by atoms with Gasteiger partial charge < -0.3 is 10.2 Å². The second-order valence-corrected chi connectivity index (χ2v) is 7.73. The first kappa shape index (κ1) is 17.7. The highest BCUT2D eigenvalue weighted by molar-refractivity contribution is 7.86. The molecule has 1 aromatic rings. The lowest BCUT2D eigenvalue weighted by atomic mass is 10.0. The smallest absolute Gasteiger partial charge is 0.253 e. The summed E-state index contributed by atoms with van der Waals surface area (Å²) in [5.41, 5.74) is 0.536. The summed E-state index contributed by atoms with van der Waals surface area (Å²) in [6.45, 7) is 9.71. The average Bonchev–Trinajstić information content (AvgIpc) is 2.60. The van der Waals surface area contributed by atoms with Crippen molar-refractivity contribution in [1.82, 2.24) is 10.3 Å². The fraction of sp³-hybridized carbons (Fsp3) is 0.529. The molecule has 0 aromatic carbocycles. The highest BCUT2D eigenvalue weighted by Crippen LogP contribution is 2.30. The highest BCUT2D eigenvalue weighted by Gasteiger charge is 2.39. The number of aromatic nitrogens is 1. The van der Waals surface area contributed by atoms with Crippen LogP contribution in [0.3, 0.4) is 0 Å². The van der Waals surface area contributed by atoms with Gasteiger partial charge in [-0.05, 0) is 25.0 Å². The van der Waals surface area contributed by atoms with Crippen molar-refractivity contribution in [3.8, 4) is 0 Å². The van der Waals surface area contributed by atoms with Crippen LogP contribution in [0.4, 0.5) is 5.82 Å². The van der Waals surface area contributed by atoms with E-state index in [1.54, 1.807) is 18.3 Å². The number of hydrogen-bond donors (Lipinski definition) is 1. The van der Waals surface area contributed by atoms with Crippen molar-refractivity contribution in [2.75, 3.05) is 30.3 Å². The third-order valence-corrected chi connectivity index (χ3v) is 6.76. The third kappa shape index (κ3) is 3.80. The van der Waals surface area contributed by atoms with Gasteiger partial charge in [0.2, 0.25) is 0 Å². The first-order valence-electron chi connectivity index (χ1n) is 8.05. The van der Waals surface area contributed by atoms with Crippen LogP contribution in [-0.2, 0) is 10.8 Å². The Morgan fingerprint density at radius 1 is 1.48 bits per heavy atom. The SMILES string of the molecule is C=CCNC(=O)c1ccc(N2CCS(=O)C(CC)(CC)C2)nc1. The van der Waals surface area contributed by atoms with Crippen molar-refractivity contribution < 1.29 is 9.00 Å². The van der Waals surface area contributed by atoms with Crippen molar-refractivity contribution in [1.29, 1.82) is 0 Å². The average molecular weight is 335 g/mol. The van der Waals surface area contributed by atoms with Gasteiger partial charge >= 0.3 is 0 Å².